The summed E-state index contributed by atoms with van der Waals surface area (Å²) in [6, 6.07) is 8.24. The second kappa shape index (κ2) is 7.55. The van der Waals surface area contributed by atoms with E-state index in [1.807, 2.05) is 21.8 Å². The van der Waals surface area contributed by atoms with Crippen LogP contribution in [-0.2, 0) is 16.2 Å². The second-order valence-corrected chi connectivity index (χ2v) is 5.82. The molecule has 1 aromatic heterocycles. The van der Waals surface area contributed by atoms with Crippen molar-refractivity contribution in [1.82, 2.24) is 19.6 Å². The van der Waals surface area contributed by atoms with Gasteiger partial charge in [-0.15, -0.1) is 0 Å². The van der Waals surface area contributed by atoms with E-state index >= 15 is 0 Å². The molecule has 1 fully saturated rings. The topological polar surface area (TPSA) is 50.6 Å². The van der Waals surface area contributed by atoms with E-state index in [0.29, 0.717) is 19.8 Å². The number of piperazine rings is 1. The molecule has 1 saturated heterocycles. The third kappa shape index (κ3) is 3.98. The molecule has 1 aliphatic rings. The minimum Gasteiger partial charge on any atom is -0.375 e. The van der Waals surface area contributed by atoms with Crippen LogP contribution < -0.4 is 0 Å². The average Bonchev–Trinajstić information content (AvgIpc) is 3.05. The lowest BCUT2D eigenvalue weighted by Crippen LogP contribution is -2.49. The quantitative estimate of drug-likeness (QED) is 0.831. The summed E-state index contributed by atoms with van der Waals surface area (Å²) in [5.74, 6) is -0.214. The maximum Gasteiger partial charge on any atom is 0.248 e. The molecule has 2 aromatic rings. The zero-order chi connectivity index (χ0) is 16.9. The van der Waals surface area contributed by atoms with Crippen molar-refractivity contribution in [3.8, 4) is 11.3 Å². The fourth-order valence-electron chi connectivity index (χ4n) is 2.77. The molecule has 2 heterocycles. The number of hydrogen-bond acceptors (Lipinski definition) is 4. The minimum absolute atomic E-state index is 0.0369. The lowest BCUT2D eigenvalue weighted by molar-refractivity contribution is -0.137. The summed E-state index contributed by atoms with van der Waals surface area (Å²) >= 11 is 0. The number of amides is 1. The first-order chi connectivity index (χ1) is 11.7. The van der Waals surface area contributed by atoms with Crippen LogP contribution in [0.25, 0.3) is 11.3 Å². The van der Waals surface area contributed by atoms with Crippen LogP contribution in [0, 0.1) is 5.82 Å². The minimum atomic E-state index is -0.251. The molecule has 0 spiro atoms. The van der Waals surface area contributed by atoms with Gasteiger partial charge >= 0.3 is 0 Å². The van der Waals surface area contributed by atoms with Gasteiger partial charge in [0, 0.05) is 45.0 Å². The largest absolute Gasteiger partial charge is 0.375 e. The van der Waals surface area contributed by atoms with Gasteiger partial charge in [-0.1, -0.05) is 0 Å². The molecule has 3 rings (SSSR count). The van der Waals surface area contributed by atoms with Crippen LogP contribution in [0.2, 0.25) is 0 Å². The van der Waals surface area contributed by atoms with Crippen LogP contribution in [0.4, 0.5) is 4.39 Å². The fourth-order valence-corrected chi connectivity index (χ4v) is 2.77. The summed E-state index contributed by atoms with van der Waals surface area (Å²) in [5.41, 5.74) is 1.72. The lowest BCUT2D eigenvalue weighted by atomic mass is 10.1. The first-order valence-electron chi connectivity index (χ1n) is 7.94. The van der Waals surface area contributed by atoms with E-state index in [9.17, 15) is 9.18 Å². The molecule has 1 amide bonds. The Balaban J connectivity index is 1.54. The van der Waals surface area contributed by atoms with Gasteiger partial charge in [0.25, 0.3) is 0 Å². The van der Waals surface area contributed by atoms with Crippen LogP contribution >= 0.6 is 0 Å². The number of nitrogens with zero attached hydrogens (tertiary/aromatic N) is 4. The number of rotatable bonds is 5. The Labute approximate surface area is 140 Å². The number of methoxy groups -OCH3 is 1. The molecule has 0 radical (unpaired) electrons. The molecule has 6 nitrogen and oxygen atoms in total. The maximum absolute atomic E-state index is 13.0. The van der Waals surface area contributed by atoms with E-state index in [1.54, 1.807) is 12.1 Å². The van der Waals surface area contributed by atoms with Gasteiger partial charge in [0.2, 0.25) is 5.91 Å². The van der Waals surface area contributed by atoms with Gasteiger partial charge in [0.15, 0.2) is 0 Å². The predicted molar refractivity (Wildman–Crippen MR) is 87.7 cm³/mol. The maximum atomic E-state index is 13.0. The number of benzene rings is 1. The molecular weight excluding hydrogens is 311 g/mol. The number of hydrogen-bond donors (Lipinski definition) is 0. The van der Waals surface area contributed by atoms with Crippen molar-refractivity contribution in [2.24, 2.45) is 0 Å². The van der Waals surface area contributed by atoms with Gasteiger partial charge in [-0.2, -0.15) is 5.10 Å². The van der Waals surface area contributed by atoms with E-state index in [4.69, 9.17) is 4.74 Å². The monoisotopic (exact) mass is 332 g/mol. The normalized spacial score (nSPS) is 15.7. The Kier molecular flexibility index (Phi) is 5.22. The van der Waals surface area contributed by atoms with Crippen LogP contribution in [0.15, 0.2) is 36.5 Å². The third-order valence-corrected chi connectivity index (χ3v) is 4.12. The lowest BCUT2D eigenvalue weighted by Gasteiger charge is -2.34. The van der Waals surface area contributed by atoms with Gasteiger partial charge in [0.05, 0.1) is 12.4 Å². The summed E-state index contributed by atoms with van der Waals surface area (Å²) in [7, 11) is 1.53. The number of carbonyl (C=O) groups is 1. The molecule has 0 aliphatic carbocycles. The molecule has 0 N–H and O–H groups in total. The summed E-state index contributed by atoms with van der Waals surface area (Å²) in [6.45, 7) is 3.83. The zero-order valence-electron chi connectivity index (χ0n) is 13.7. The third-order valence-electron chi connectivity index (χ3n) is 4.12. The zero-order valence-corrected chi connectivity index (χ0v) is 13.7. The van der Waals surface area contributed by atoms with Crippen molar-refractivity contribution >= 4 is 5.91 Å². The highest BCUT2D eigenvalue weighted by Gasteiger charge is 2.21. The van der Waals surface area contributed by atoms with E-state index in [1.165, 1.54) is 19.2 Å². The highest BCUT2D eigenvalue weighted by Crippen LogP contribution is 2.17. The van der Waals surface area contributed by atoms with Gasteiger partial charge in [-0.25, -0.2) is 4.39 Å². The van der Waals surface area contributed by atoms with E-state index in [2.05, 4.69) is 10.00 Å². The summed E-state index contributed by atoms with van der Waals surface area (Å²) in [4.78, 5) is 15.9. The van der Waals surface area contributed by atoms with Crippen molar-refractivity contribution in [1.29, 1.82) is 0 Å². The average molecular weight is 332 g/mol. The van der Waals surface area contributed by atoms with Gasteiger partial charge < -0.3 is 9.64 Å². The molecule has 1 aromatic carbocycles. The first-order valence-corrected chi connectivity index (χ1v) is 7.94. The molecule has 7 heteroatoms. The van der Waals surface area contributed by atoms with Gasteiger partial charge in [-0.05, 0) is 30.3 Å². The van der Waals surface area contributed by atoms with Crippen LogP contribution in [-0.4, -0.2) is 65.4 Å². The molecular formula is C17H21FN4O2. The Morgan fingerprint density at radius 3 is 2.54 bits per heavy atom. The number of carbonyl (C=O) groups excluding carboxylic acids is 1. The molecule has 128 valence electrons. The Morgan fingerprint density at radius 1 is 1.17 bits per heavy atom. The Morgan fingerprint density at radius 2 is 1.88 bits per heavy atom. The second-order valence-electron chi connectivity index (χ2n) is 5.82. The van der Waals surface area contributed by atoms with E-state index in [-0.39, 0.29) is 18.3 Å². The van der Waals surface area contributed by atoms with Crippen molar-refractivity contribution in [2.45, 2.75) is 6.67 Å². The highest BCUT2D eigenvalue weighted by molar-refractivity contribution is 5.77. The Bertz CT molecular complexity index is 678. The number of halogens is 1. The van der Waals surface area contributed by atoms with Crippen LogP contribution in [0.3, 0.4) is 0 Å². The highest BCUT2D eigenvalue weighted by atomic mass is 19.1. The van der Waals surface area contributed by atoms with Crippen molar-refractivity contribution in [3.63, 3.8) is 0 Å². The van der Waals surface area contributed by atoms with Crippen molar-refractivity contribution < 1.29 is 13.9 Å². The standard InChI is InChI=1S/C17H21FN4O2/c1-24-12-17(23)21-10-8-20(9-11-21)13-22-7-6-16(19-22)14-2-4-15(18)5-3-14/h2-7H,8-13H2,1H3. The van der Waals surface area contributed by atoms with Crippen LogP contribution in [0.1, 0.15) is 0 Å². The molecule has 24 heavy (non-hydrogen) atoms. The molecule has 0 unspecified atom stereocenters. The first kappa shape index (κ1) is 16.6. The summed E-state index contributed by atoms with van der Waals surface area (Å²) < 4.78 is 19.7. The summed E-state index contributed by atoms with van der Waals surface area (Å²) in [6.07, 6.45) is 1.92. The van der Waals surface area contributed by atoms with Gasteiger partial charge in [0.1, 0.15) is 12.4 Å². The SMILES string of the molecule is COCC(=O)N1CCN(Cn2ccc(-c3ccc(F)cc3)n2)CC1. The molecule has 1 aliphatic heterocycles. The molecule has 0 bridgehead atoms. The number of aromatic nitrogens is 2. The number of ether oxygens (including phenoxy) is 1. The molecule has 0 saturated carbocycles. The van der Waals surface area contributed by atoms with Crippen LogP contribution in [0.5, 0.6) is 0 Å². The van der Waals surface area contributed by atoms with Crippen molar-refractivity contribution in [3.05, 3.63) is 42.3 Å². The fraction of sp³-hybridized carbons (Fsp3) is 0.412. The van der Waals surface area contributed by atoms with E-state index in [0.717, 1.165) is 24.3 Å². The Hall–Kier alpha value is -2.25. The smallest absolute Gasteiger partial charge is 0.248 e. The van der Waals surface area contributed by atoms with E-state index < -0.39 is 0 Å². The van der Waals surface area contributed by atoms with Gasteiger partial charge in [-0.3, -0.25) is 14.4 Å². The summed E-state index contributed by atoms with van der Waals surface area (Å²) in [5, 5.41) is 4.54. The predicted octanol–water partition coefficient (Wildman–Crippen LogP) is 1.44. The molecule has 0 atom stereocenters. The van der Waals surface area contributed by atoms with Crippen molar-refractivity contribution in [2.75, 3.05) is 39.9 Å².